The highest BCUT2D eigenvalue weighted by Crippen LogP contribution is 2.32. The molecule has 1 N–H and O–H groups in total. The number of hydrogen-bond donors (Lipinski definition) is 1. The summed E-state index contributed by atoms with van der Waals surface area (Å²) in [5.41, 5.74) is 2.68. The first kappa shape index (κ1) is 17.0. The summed E-state index contributed by atoms with van der Waals surface area (Å²) in [6.45, 7) is 17.1. The lowest BCUT2D eigenvalue weighted by molar-refractivity contribution is 0.228. The quantitative estimate of drug-likeness (QED) is 0.837. The minimum absolute atomic E-state index is 0.104. The average Bonchev–Trinajstić information content (AvgIpc) is 2.34. The predicted molar refractivity (Wildman–Crippen MR) is 87.7 cm³/mol. The number of likely N-dealkylation sites (N-methyl/N-ethyl adjacent to an activating group) is 1. The average molecular weight is 277 g/mol. The van der Waals surface area contributed by atoms with E-state index in [0.29, 0.717) is 12.0 Å². The SMILES string of the molecule is CCNC(COc1ccc(C)cc1C(C)(C)C)C(C)C. The van der Waals surface area contributed by atoms with Crippen molar-refractivity contribution in [1.29, 1.82) is 0 Å². The Labute approximate surface area is 124 Å². The molecule has 0 aromatic heterocycles. The second kappa shape index (κ2) is 7.12. The molecule has 0 aliphatic rings. The Balaban J connectivity index is 2.87. The van der Waals surface area contributed by atoms with Crippen molar-refractivity contribution in [3.8, 4) is 5.75 Å². The van der Waals surface area contributed by atoms with E-state index in [9.17, 15) is 0 Å². The van der Waals surface area contributed by atoms with E-state index in [0.717, 1.165) is 18.9 Å². The third-order valence-corrected chi connectivity index (χ3v) is 3.63. The molecule has 0 spiro atoms. The molecule has 0 bridgehead atoms. The van der Waals surface area contributed by atoms with Crippen LogP contribution in [0.5, 0.6) is 5.75 Å². The van der Waals surface area contributed by atoms with Gasteiger partial charge in [-0.25, -0.2) is 0 Å². The fraction of sp³-hybridized carbons (Fsp3) is 0.667. The van der Waals surface area contributed by atoms with E-state index in [-0.39, 0.29) is 5.41 Å². The first-order valence-electron chi connectivity index (χ1n) is 7.73. The van der Waals surface area contributed by atoms with Crippen LogP contribution in [-0.4, -0.2) is 19.2 Å². The van der Waals surface area contributed by atoms with Gasteiger partial charge in [-0.15, -0.1) is 0 Å². The zero-order valence-electron chi connectivity index (χ0n) is 14.2. The van der Waals surface area contributed by atoms with Gasteiger partial charge in [-0.1, -0.05) is 59.2 Å². The molecule has 1 rings (SSSR count). The molecule has 0 saturated heterocycles. The van der Waals surface area contributed by atoms with E-state index in [4.69, 9.17) is 4.74 Å². The Hall–Kier alpha value is -1.02. The highest BCUT2D eigenvalue weighted by molar-refractivity contribution is 5.41. The lowest BCUT2D eigenvalue weighted by Gasteiger charge is -2.26. The van der Waals surface area contributed by atoms with Crippen LogP contribution in [0.25, 0.3) is 0 Å². The van der Waals surface area contributed by atoms with Crippen LogP contribution in [0.15, 0.2) is 18.2 Å². The number of ether oxygens (including phenoxy) is 1. The van der Waals surface area contributed by atoms with E-state index in [2.05, 4.69) is 72.0 Å². The number of hydrogen-bond acceptors (Lipinski definition) is 2. The van der Waals surface area contributed by atoms with Crippen LogP contribution in [0.4, 0.5) is 0 Å². The van der Waals surface area contributed by atoms with Crippen LogP contribution in [0.3, 0.4) is 0 Å². The summed E-state index contributed by atoms with van der Waals surface area (Å²) in [7, 11) is 0. The molecule has 114 valence electrons. The van der Waals surface area contributed by atoms with Gasteiger partial charge in [0.05, 0.1) is 0 Å². The van der Waals surface area contributed by atoms with Crippen LogP contribution in [0.2, 0.25) is 0 Å². The fourth-order valence-electron chi connectivity index (χ4n) is 2.28. The van der Waals surface area contributed by atoms with Crippen LogP contribution >= 0.6 is 0 Å². The molecule has 1 aromatic carbocycles. The van der Waals surface area contributed by atoms with E-state index in [1.807, 2.05) is 0 Å². The van der Waals surface area contributed by atoms with Crippen LogP contribution in [0.1, 0.15) is 52.7 Å². The number of rotatable bonds is 6. The maximum atomic E-state index is 6.13. The lowest BCUT2D eigenvalue weighted by Crippen LogP contribution is -2.39. The molecule has 1 aromatic rings. The van der Waals surface area contributed by atoms with E-state index < -0.39 is 0 Å². The van der Waals surface area contributed by atoms with Crippen molar-refractivity contribution in [3.63, 3.8) is 0 Å². The van der Waals surface area contributed by atoms with Gasteiger partial charge >= 0.3 is 0 Å². The molecule has 2 heteroatoms. The highest BCUT2D eigenvalue weighted by atomic mass is 16.5. The van der Waals surface area contributed by atoms with Gasteiger partial charge in [0.15, 0.2) is 0 Å². The van der Waals surface area contributed by atoms with E-state index in [1.165, 1.54) is 11.1 Å². The minimum Gasteiger partial charge on any atom is -0.492 e. The Kier molecular flexibility index (Phi) is 6.07. The molecular formula is C18H31NO. The van der Waals surface area contributed by atoms with E-state index >= 15 is 0 Å². The summed E-state index contributed by atoms with van der Waals surface area (Å²) >= 11 is 0. The third-order valence-electron chi connectivity index (χ3n) is 3.63. The largest absolute Gasteiger partial charge is 0.492 e. The van der Waals surface area contributed by atoms with Crippen molar-refractivity contribution in [3.05, 3.63) is 29.3 Å². The maximum Gasteiger partial charge on any atom is 0.123 e. The minimum atomic E-state index is 0.104. The lowest BCUT2D eigenvalue weighted by atomic mass is 9.85. The summed E-state index contributed by atoms with van der Waals surface area (Å²) in [6, 6.07) is 6.88. The smallest absolute Gasteiger partial charge is 0.123 e. The summed E-state index contributed by atoms with van der Waals surface area (Å²) in [5.74, 6) is 1.59. The first-order chi connectivity index (χ1) is 9.25. The topological polar surface area (TPSA) is 21.3 Å². The molecular weight excluding hydrogens is 246 g/mol. The Morgan fingerprint density at radius 3 is 2.35 bits per heavy atom. The van der Waals surface area contributed by atoms with Gasteiger partial charge in [-0.3, -0.25) is 0 Å². The third kappa shape index (κ3) is 4.82. The van der Waals surface area contributed by atoms with Gasteiger partial charge in [-0.05, 0) is 36.4 Å². The second-order valence-electron chi connectivity index (χ2n) is 6.97. The van der Waals surface area contributed by atoms with Crippen molar-refractivity contribution in [2.24, 2.45) is 5.92 Å². The number of nitrogens with one attached hydrogen (secondary N) is 1. The van der Waals surface area contributed by atoms with Crippen LogP contribution < -0.4 is 10.1 Å². The second-order valence-corrected chi connectivity index (χ2v) is 6.97. The predicted octanol–water partition coefficient (Wildman–Crippen LogP) is 4.31. The van der Waals surface area contributed by atoms with Crippen molar-refractivity contribution < 1.29 is 4.74 Å². The fourth-order valence-corrected chi connectivity index (χ4v) is 2.28. The van der Waals surface area contributed by atoms with Gasteiger partial charge in [-0.2, -0.15) is 0 Å². The summed E-state index contributed by atoms with van der Waals surface area (Å²) in [4.78, 5) is 0. The standard InChI is InChI=1S/C18H31NO/c1-8-19-16(13(2)3)12-20-17-10-9-14(4)11-15(17)18(5,6)7/h9-11,13,16,19H,8,12H2,1-7H3. The van der Waals surface area contributed by atoms with Crippen LogP contribution in [0, 0.1) is 12.8 Å². The summed E-state index contributed by atoms with van der Waals surface area (Å²) in [5, 5.41) is 3.50. The van der Waals surface area contributed by atoms with Gasteiger partial charge < -0.3 is 10.1 Å². The zero-order chi connectivity index (χ0) is 15.3. The molecule has 0 saturated carbocycles. The highest BCUT2D eigenvalue weighted by Gasteiger charge is 2.20. The van der Waals surface area contributed by atoms with Gasteiger partial charge in [0, 0.05) is 6.04 Å². The van der Waals surface area contributed by atoms with Crippen molar-refractivity contribution >= 4 is 0 Å². The Morgan fingerprint density at radius 2 is 1.85 bits per heavy atom. The first-order valence-corrected chi connectivity index (χ1v) is 7.73. The van der Waals surface area contributed by atoms with Gasteiger partial charge in [0.1, 0.15) is 12.4 Å². The molecule has 0 amide bonds. The monoisotopic (exact) mass is 277 g/mol. The molecule has 0 aliphatic carbocycles. The Bertz CT molecular complexity index is 418. The molecule has 1 unspecified atom stereocenters. The molecule has 0 heterocycles. The molecule has 2 nitrogen and oxygen atoms in total. The van der Waals surface area contributed by atoms with Crippen molar-refractivity contribution in [2.45, 2.75) is 59.9 Å². The zero-order valence-corrected chi connectivity index (χ0v) is 14.2. The van der Waals surface area contributed by atoms with Crippen molar-refractivity contribution in [2.75, 3.05) is 13.2 Å². The van der Waals surface area contributed by atoms with Crippen molar-refractivity contribution in [1.82, 2.24) is 5.32 Å². The molecule has 0 fully saturated rings. The maximum absolute atomic E-state index is 6.13. The Morgan fingerprint density at radius 1 is 1.20 bits per heavy atom. The van der Waals surface area contributed by atoms with Gasteiger partial charge in [0.25, 0.3) is 0 Å². The molecule has 0 radical (unpaired) electrons. The summed E-state index contributed by atoms with van der Waals surface area (Å²) < 4.78 is 6.13. The molecule has 20 heavy (non-hydrogen) atoms. The number of benzene rings is 1. The number of aryl methyl sites for hydroxylation is 1. The normalized spacial score (nSPS) is 13.6. The van der Waals surface area contributed by atoms with Crippen LogP contribution in [-0.2, 0) is 5.41 Å². The van der Waals surface area contributed by atoms with E-state index in [1.54, 1.807) is 0 Å². The van der Waals surface area contributed by atoms with Gasteiger partial charge in [0.2, 0.25) is 0 Å². The molecule has 1 atom stereocenters. The molecule has 0 aliphatic heterocycles. The summed E-state index contributed by atoms with van der Waals surface area (Å²) in [6.07, 6.45) is 0.